The Kier molecular flexibility index (Phi) is 15.6. The zero-order chi connectivity index (χ0) is 41.9. The average Bonchev–Trinajstić information content (AvgIpc) is 3.97. The smallest absolute Gasteiger partial charge is 0.327 e. The van der Waals surface area contributed by atoms with E-state index >= 15 is 0 Å². The maximum atomic E-state index is 12.4. The molecule has 0 aliphatic rings. The highest BCUT2D eigenvalue weighted by atomic mass is 79.9. The van der Waals surface area contributed by atoms with Crippen molar-refractivity contribution in [2.75, 3.05) is 53.5 Å². The minimum absolute atomic E-state index is 0.0395. The number of aryl methyl sites for hydroxylation is 4. The van der Waals surface area contributed by atoms with Crippen molar-refractivity contribution in [3.05, 3.63) is 80.0 Å². The van der Waals surface area contributed by atoms with Crippen LogP contribution in [0.2, 0.25) is 0 Å². The van der Waals surface area contributed by atoms with Crippen LogP contribution in [0.5, 0.6) is 0 Å². The van der Waals surface area contributed by atoms with E-state index in [4.69, 9.17) is 18.3 Å². The third-order valence-corrected chi connectivity index (χ3v) is 10.7. The monoisotopic (exact) mass is 922 g/mol. The molecule has 0 N–H and O–H groups in total. The summed E-state index contributed by atoms with van der Waals surface area (Å²) in [7, 11) is 3.84. The first-order chi connectivity index (χ1) is 27.8. The normalized spacial score (nSPS) is 11.2. The fourth-order valence-corrected chi connectivity index (χ4v) is 6.60. The second-order valence-electron chi connectivity index (χ2n) is 13.6. The van der Waals surface area contributed by atoms with Crippen LogP contribution in [0.3, 0.4) is 0 Å². The maximum Gasteiger partial charge on any atom is 0.327 e. The first-order valence-corrected chi connectivity index (χ1v) is 20.3. The predicted octanol–water partition coefficient (Wildman–Crippen LogP) is 6.95. The number of halogens is 2. The van der Waals surface area contributed by atoms with Gasteiger partial charge >= 0.3 is 11.9 Å². The Morgan fingerprint density at radius 3 is 1.47 bits per heavy atom. The molecule has 0 atom stereocenters. The number of carbonyl (C=O) groups is 2. The van der Waals surface area contributed by atoms with E-state index in [-0.39, 0.29) is 36.8 Å². The third kappa shape index (κ3) is 11.5. The molecule has 0 amide bonds. The molecule has 4 aromatic heterocycles. The van der Waals surface area contributed by atoms with E-state index in [2.05, 4.69) is 81.2 Å². The summed E-state index contributed by atoms with van der Waals surface area (Å²) in [5, 5.41) is 25.5. The van der Waals surface area contributed by atoms with Gasteiger partial charge in [0.1, 0.15) is 37.7 Å². The summed E-state index contributed by atoms with van der Waals surface area (Å²) in [6.45, 7) is 15.6. The number of likely N-dealkylation sites (N-methyl/N-ethyl adjacent to an activating group) is 2. The second kappa shape index (κ2) is 20.6. The Morgan fingerprint density at radius 2 is 1.07 bits per heavy atom. The van der Waals surface area contributed by atoms with Crippen molar-refractivity contribution in [3.8, 4) is 46.1 Å². The van der Waals surface area contributed by atoms with Gasteiger partial charge in [-0.3, -0.25) is 9.59 Å². The van der Waals surface area contributed by atoms with E-state index in [9.17, 15) is 9.59 Å². The van der Waals surface area contributed by atoms with Gasteiger partial charge in [0.15, 0.2) is 0 Å². The lowest BCUT2D eigenvalue weighted by molar-refractivity contribution is -0.145. The van der Waals surface area contributed by atoms with Crippen LogP contribution in [-0.2, 0) is 32.2 Å². The van der Waals surface area contributed by atoms with Gasteiger partial charge in [-0.05, 0) is 111 Å². The quantitative estimate of drug-likeness (QED) is 0.0913. The molecule has 18 heteroatoms. The van der Waals surface area contributed by atoms with Crippen molar-refractivity contribution in [2.45, 2.75) is 54.6 Å². The number of rotatable bonds is 16. The van der Waals surface area contributed by atoms with E-state index < -0.39 is 0 Å². The molecule has 6 aromatic rings. The number of carbonyl (C=O) groups excluding carboxylic acids is 2. The first-order valence-electron chi connectivity index (χ1n) is 18.7. The van der Waals surface area contributed by atoms with Gasteiger partial charge in [0.25, 0.3) is 11.8 Å². The number of hydrogen-bond donors (Lipinski definition) is 0. The Balaban J connectivity index is 0.000000221. The maximum absolute atomic E-state index is 12.4. The van der Waals surface area contributed by atoms with Crippen LogP contribution < -0.4 is 0 Å². The van der Waals surface area contributed by atoms with Crippen LogP contribution in [0.4, 0.5) is 0 Å². The number of aromatic nitrogens is 8. The number of hydrogen-bond acceptors (Lipinski definition) is 14. The summed E-state index contributed by atoms with van der Waals surface area (Å²) in [5.74, 6) is 0.644. The molecule has 308 valence electrons. The van der Waals surface area contributed by atoms with Crippen molar-refractivity contribution in [1.82, 2.24) is 49.8 Å². The van der Waals surface area contributed by atoms with Gasteiger partial charge in [0.2, 0.25) is 11.8 Å². The van der Waals surface area contributed by atoms with Gasteiger partial charge < -0.3 is 28.1 Å². The van der Waals surface area contributed by atoms with Crippen LogP contribution in [-0.4, -0.2) is 115 Å². The van der Waals surface area contributed by atoms with Crippen molar-refractivity contribution >= 4 is 43.8 Å². The highest BCUT2D eigenvalue weighted by Crippen LogP contribution is 2.33. The summed E-state index contributed by atoms with van der Waals surface area (Å²) in [6, 6.07) is 15.6. The van der Waals surface area contributed by atoms with Crippen LogP contribution in [0.15, 0.2) is 66.3 Å². The Bertz CT molecular complexity index is 2310. The SMILES string of the molecule is CCN(CC)CCOC(=O)Cn1nc(C)c(Br)c1-c1nnc(-c2cccc(C)c2)o1.Cc1cccc(-c2nnc(-c3c(Br)c(C)nn3CC(=O)OCCN(C)C)o2)c1. The molecule has 0 spiro atoms. The molecule has 58 heavy (non-hydrogen) atoms. The van der Waals surface area contributed by atoms with Crippen molar-refractivity contribution in [2.24, 2.45) is 0 Å². The van der Waals surface area contributed by atoms with Crippen LogP contribution in [0.1, 0.15) is 36.4 Å². The first kappa shape index (κ1) is 44.1. The summed E-state index contributed by atoms with van der Waals surface area (Å²) in [6.07, 6.45) is 0. The van der Waals surface area contributed by atoms with Crippen molar-refractivity contribution in [3.63, 3.8) is 0 Å². The molecule has 2 aromatic carbocycles. The minimum Gasteiger partial charge on any atom is -0.463 e. The number of ether oxygens (including phenoxy) is 2. The molecule has 0 radical (unpaired) electrons. The zero-order valence-corrected chi connectivity index (χ0v) is 37.1. The lowest BCUT2D eigenvalue weighted by Crippen LogP contribution is -2.28. The Labute approximate surface area is 354 Å². The molecular formula is C40H48Br2N10O6. The molecular weight excluding hydrogens is 876 g/mol. The Morgan fingerprint density at radius 1 is 0.655 bits per heavy atom. The topological polar surface area (TPSA) is 173 Å². The fourth-order valence-electron chi connectivity index (χ4n) is 5.69. The molecule has 4 heterocycles. The van der Waals surface area contributed by atoms with Gasteiger partial charge in [-0.15, -0.1) is 20.4 Å². The summed E-state index contributed by atoms with van der Waals surface area (Å²) < 4.78 is 26.9. The van der Waals surface area contributed by atoms with Gasteiger partial charge in [-0.2, -0.15) is 10.2 Å². The van der Waals surface area contributed by atoms with Gasteiger partial charge in [-0.25, -0.2) is 9.36 Å². The van der Waals surface area contributed by atoms with Gasteiger partial charge in [0.05, 0.1) is 20.3 Å². The molecule has 0 bridgehead atoms. The Hall–Kier alpha value is -5.04. The molecule has 16 nitrogen and oxygen atoms in total. The molecule has 6 rings (SSSR count). The predicted molar refractivity (Wildman–Crippen MR) is 225 cm³/mol. The van der Waals surface area contributed by atoms with E-state index in [1.54, 1.807) is 0 Å². The molecule has 0 saturated heterocycles. The minimum atomic E-state index is -0.378. The average molecular weight is 925 g/mol. The molecule has 0 aliphatic carbocycles. The highest BCUT2D eigenvalue weighted by molar-refractivity contribution is 9.11. The number of esters is 2. The largest absolute Gasteiger partial charge is 0.463 e. The lowest BCUT2D eigenvalue weighted by atomic mass is 10.1. The molecule has 0 aliphatic heterocycles. The summed E-state index contributed by atoms with van der Waals surface area (Å²) in [5.41, 5.74) is 6.40. The third-order valence-electron chi connectivity index (χ3n) is 8.82. The molecule has 0 saturated carbocycles. The zero-order valence-electron chi connectivity index (χ0n) is 34.0. The van der Waals surface area contributed by atoms with E-state index in [0.29, 0.717) is 64.1 Å². The van der Waals surface area contributed by atoms with Crippen molar-refractivity contribution in [1.29, 1.82) is 0 Å². The fraction of sp³-hybridized carbons (Fsp3) is 0.400. The van der Waals surface area contributed by atoms with Gasteiger partial charge in [0, 0.05) is 24.2 Å². The number of nitrogens with zero attached hydrogens (tertiary/aromatic N) is 10. The van der Waals surface area contributed by atoms with Gasteiger partial charge in [-0.1, -0.05) is 49.2 Å². The molecule has 0 fully saturated rings. The lowest BCUT2D eigenvalue weighted by Gasteiger charge is -2.17. The van der Waals surface area contributed by atoms with Crippen LogP contribution >= 0.6 is 31.9 Å². The van der Waals surface area contributed by atoms with E-state index in [1.807, 2.05) is 95.2 Å². The summed E-state index contributed by atoms with van der Waals surface area (Å²) in [4.78, 5) is 28.7. The van der Waals surface area contributed by atoms with Crippen molar-refractivity contribution < 1.29 is 27.9 Å². The number of benzene rings is 2. The molecule has 0 unspecified atom stereocenters. The highest BCUT2D eigenvalue weighted by Gasteiger charge is 2.24. The summed E-state index contributed by atoms with van der Waals surface area (Å²) >= 11 is 7.03. The van der Waals surface area contributed by atoms with Crippen LogP contribution in [0, 0.1) is 27.7 Å². The standard InChI is InChI=1S/C21H26BrN5O3.C19H22BrN5O3/c1-5-26(6-2)10-11-29-17(28)13-27-19(18(22)15(4)25-27)21-24-23-20(30-21)16-9-7-8-14(3)12-16;1-12-6-5-7-14(10-12)18-21-22-19(28-18)17-16(20)13(2)23-25(17)11-15(26)27-9-8-24(3)4/h7-9,12H,5-6,10-11,13H2,1-4H3;5-7,10H,8-9,11H2,1-4H3. The second-order valence-corrected chi connectivity index (χ2v) is 15.2. The van der Waals surface area contributed by atoms with Crippen LogP contribution in [0.25, 0.3) is 46.1 Å². The van der Waals surface area contributed by atoms with E-state index in [0.717, 1.165) is 41.0 Å². The van der Waals surface area contributed by atoms with E-state index in [1.165, 1.54) is 9.36 Å².